The lowest BCUT2D eigenvalue weighted by atomic mass is 10.2. The van der Waals surface area contributed by atoms with Crippen molar-refractivity contribution in [1.29, 1.82) is 0 Å². The fourth-order valence-electron chi connectivity index (χ4n) is 1.78. The van der Waals surface area contributed by atoms with Crippen LogP contribution in [0, 0.1) is 5.92 Å². The number of benzene rings is 1. The predicted molar refractivity (Wildman–Crippen MR) is 90.7 cm³/mol. The van der Waals surface area contributed by atoms with E-state index in [-0.39, 0.29) is 0 Å². The van der Waals surface area contributed by atoms with Gasteiger partial charge in [0.15, 0.2) is 6.10 Å². The third-order valence-electron chi connectivity index (χ3n) is 2.85. The average Bonchev–Trinajstić information content (AvgIpc) is 2.37. The highest BCUT2D eigenvalue weighted by Gasteiger charge is 2.20. The molecule has 0 radical (unpaired) electrons. The lowest BCUT2D eigenvalue weighted by molar-refractivity contribution is -0.145. The monoisotopic (exact) mass is 421 g/mol. The minimum atomic E-state index is -0.959. The molecular formula is C15H21Br2NO3. The second kappa shape index (κ2) is 8.76. The number of ether oxygens (including phenoxy) is 1. The number of halogens is 2. The van der Waals surface area contributed by atoms with Crippen molar-refractivity contribution < 1.29 is 14.6 Å². The van der Waals surface area contributed by atoms with Gasteiger partial charge in [-0.05, 0) is 68.4 Å². The van der Waals surface area contributed by atoms with Crippen LogP contribution in [0.25, 0.3) is 0 Å². The van der Waals surface area contributed by atoms with Gasteiger partial charge in [-0.15, -0.1) is 0 Å². The Morgan fingerprint density at radius 1 is 1.33 bits per heavy atom. The van der Waals surface area contributed by atoms with Crippen molar-refractivity contribution in [2.24, 2.45) is 5.92 Å². The van der Waals surface area contributed by atoms with E-state index >= 15 is 0 Å². The summed E-state index contributed by atoms with van der Waals surface area (Å²) < 4.78 is 7.07. The van der Waals surface area contributed by atoms with E-state index in [9.17, 15) is 4.79 Å². The zero-order valence-electron chi connectivity index (χ0n) is 12.5. The summed E-state index contributed by atoms with van der Waals surface area (Å²) in [6.07, 6.45) is -0.436. The number of carboxylic acid groups (broad SMARTS) is 1. The third kappa shape index (κ3) is 5.96. The van der Waals surface area contributed by atoms with Gasteiger partial charge >= 0.3 is 5.97 Å². The Morgan fingerprint density at radius 3 is 2.33 bits per heavy atom. The Hall–Kier alpha value is -0.590. The van der Waals surface area contributed by atoms with Crippen LogP contribution in [0.3, 0.4) is 0 Å². The maximum atomic E-state index is 11.1. The van der Waals surface area contributed by atoms with Crippen LogP contribution in [-0.2, 0) is 11.3 Å². The SMILES string of the molecule is CCC(Oc1c(Br)cc(CNCC(C)C)cc1Br)C(=O)O. The number of aliphatic carboxylic acids is 1. The second-order valence-electron chi connectivity index (χ2n) is 5.27. The number of hydrogen-bond acceptors (Lipinski definition) is 3. The molecule has 1 aromatic rings. The minimum absolute atomic E-state index is 0.409. The van der Waals surface area contributed by atoms with E-state index in [0.717, 1.165) is 27.6 Å². The van der Waals surface area contributed by atoms with E-state index < -0.39 is 12.1 Å². The largest absolute Gasteiger partial charge is 0.479 e. The Morgan fingerprint density at radius 2 is 1.90 bits per heavy atom. The molecule has 0 saturated carbocycles. The molecule has 0 saturated heterocycles. The van der Waals surface area contributed by atoms with Crippen LogP contribution in [0.5, 0.6) is 5.75 Å². The van der Waals surface area contributed by atoms with Crippen LogP contribution in [0.4, 0.5) is 0 Å². The summed E-state index contributed by atoms with van der Waals surface area (Å²) in [6.45, 7) is 7.81. The van der Waals surface area contributed by atoms with Crippen molar-refractivity contribution in [2.45, 2.75) is 39.8 Å². The molecule has 0 aliphatic rings. The topological polar surface area (TPSA) is 58.6 Å². The molecule has 1 rings (SSSR count). The minimum Gasteiger partial charge on any atom is -0.479 e. The molecule has 0 aliphatic heterocycles. The molecule has 0 aliphatic carbocycles. The van der Waals surface area contributed by atoms with Gasteiger partial charge in [0.05, 0.1) is 8.95 Å². The number of carbonyl (C=O) groups is 1. The fraction of sp³-hybridized carbons (Fsp3) is 0.533. The lowest BCUT2D eigenvalue weighted by Crippen LogP contribution is -2.26. The molecule has 4 nitrogen and oxygen atoms in total. The van der Waals surface area contributed by atoms with E-state index in [1.54, 1.807) is 6.92 Å². The van der Waals surface area contributed by atoms with Gasteiger partial charge in [0.2, 0.25) is 0 Å². The Kier molecular flexibility index (Phi) is 7.70. The number of rotatable bonds is 8. The molecule has 0 amide bonds. The van der Waals surface area contributed by atoms with Gasteiger partial charge in [-0.25, -0.2) is 4.79 Å². The highest BCUT2D eigenvalue weighted by Crippen LogP contribution is 2.35. The van der Waals surface area contributed by atoms with Crippen LogP contribution < -0.4 is 10.1 Å². The van der Waals surface area contributed by atoms with E-state index in [1.165, 1.54) is 0 Å². The fourth-order valence-corrected chi connectivity index (χ4v) is 3.25. The van der Waals surface area contributed by atoms with Crippen LogP contribution in [0.1, 0.15) is 32.8 Å². The van der Waals surface area contributed by atoms with E-state index in [4.69, 9.17) is 9.84 Å². The number of carboxylic acids is 1. The van der Waals surface area contributed by atoms with Crippen LogP contribution in [0.15, 0.2) is 21.1 Å². The summed E-state index contributed by atoms with van der Waals surface area (Å²) in [7, 11) is 0. The summed E-state index contributed by atoms with van der Waals surface area (Å²) in [4.78, 5) is 11.1. The molecule has 0 heterocycles. The van der Waals surface area contributed by atoms with E-state index in [1.807, 2.05) is 12.1 Å². The highest BCUT2D eigenvalue weighted by atomic mass is 79.9. The molecule has 118 valence electrons. The number of nitrogens with one attached hydrogen (secondary N) is 1. The smallest absolute Gasteiger partial charge is 0.344 e. The molecule has 6 heteroatoms. The van der Waals surface area contributed by atoms with Gasteiger partial charge in [0, 0.05) is 6.54 Å². The Bertz CT molecular complexity index is 469. The van der Waals surface area contributed by atoms with Crippen molar-refractivity contribution in [2.75, 3.05) is 6.54 Å². The first-order valence-electron chi connectivity index (χ1n) is 6.93. The van der Waals surface area contributed by atoms with Crippen LogP contribution in [-0.4, -0.2) is 23.7 Å². The summed E-state index contributed by atoms with van der Waals surface area (Å²) >= 11 is 6.90. The van der Waals surface area contributed by atoms with Crippen molar-refractivity contribution in [3.63, 3.8) is 0 Å². The van der Waals surface area contributed by atoms with Crippen molar-refractivity contribution >= 4 is 37.8 Å². The van der Waals surface area contributed by atoms with Crippen molar-refractivity contribution in [3.05, 3.63) is 26.6 Å². The Labute approximate surface area is 142 Å². The van der Waals surface area contributed by atoms with E-state index in [2.05, 4.69) is 51.0 Å². The quantitative estimate of drug-likeness (QED) is 0.659. The molecule has 2 N–H and O–H groups in total. The standard InChI is InChI=1S/C15H21Br2NO3/c1-4-13(15(19)20)21-14-11(16)5-10(6-12(14)17)8-18-7-9(2)3/h5-6,9,13,18H,4,7-8H2,1-3H3,(H,19,20). The molecular weight excluding hydrogens is 402 g/mol. The maximum absolute atomic E-state index is 11.1. The van der Waals surface area contributed by atoms with Gasteiger partial charge < -0.3 is 15.2 Å². The van der Waals surface area contributed by atoms with E-state index in [0.29, 0.717) is 18.1 Å². The molecule has 0 spiro atoms. The molecule has 21 heavy (non-hydrogen) atoms. The van der Waals surface area contributed by atoms with Crippen molar-refractivity contribution in [3.8, 4) is 5.75 Å². The van der Waals surface area contributed by atoms with Gasteiger partial charge in [-0.3, -0.25) is 0 Å². The predicted octanol–water partition coefficient (Wildman–Crippen LogP) is 4.20. The average molecular weight is 423 g/mol. The van der Waals surface area contributed by atoms with Crippen molar-refractivity contribution in [1.82, 2.24) is 5.32 Å². The molecule has 1 unspecified atom stereocenters. The molecule has 1 atom stereocenters. The lowest BCUT2D eigenvalue weighted by Gasteiger charge is -2.17. The third-order valence-corrected chi connectivity index (χ3v) is 4.02. The summed E-state index contributed by atoms with van der Waals surface area (Å²) in [5.74, 6) is 0.163. The highest BCUT2D eigenvalue weighted by molar-refractivity contribution is 9.11. The molecule has 0 bridgehead atoms. The first-order valence-corrected chi connectivity index (χ1v) is 8.51. The number of hydrogen-bond donors (Lipinski definition) is 2. The normalized spacial score (nSPS) is 12.5. The first kappa shape index (κ1) is 18.5. The van der Waals surface area contributed by atoms with Gasteiger partial charge in [0.1, 0.15) is 5.75 Å². The van der Waals surface area contributed by atoms with Crippen LogP contribution >= 0.6 is 31.9 Å². The van der Waals surface area contributed by atoms with Gasteiger partial charge in [0.25, 0.3) is 0 Å². The zero-order chi connectivity index (χ0) is 16.0. The zero-order valence-corrected chi connectivity index (χ0v) is 15.6. The van der Waals surface area contributed by atoms with Crippen LogP contribution in [0.2, 0.25) is 0 Å². The second-order valence-corrected chi connectivity index (χ2v) is 6.97. The molecule has 1 aromatic carbocycles. The Balaban J connectivity index is 2.82. The molecule has 0 aromatic heterocycles. The molecule has 0 fully saturated rings. The summed E-state index contributed by atoms with van der Waals surface area (Å²) in [5, 5.41) is 12.4. The summed E-state index contributed by atoms with van der Waals surface area (Å²) in [5.41, 5.74) is 1.10. The maximum Gasteiger partial charge on any atom is 0.344 e. The first-order chi connectivity index (χ1) is 9.85. The van der Waals surface area contributed by atoms with Gasteiger partial charge in [-0.2, -0.15) is 0 Å². The van der Waals surface area contributed by atoms with Gasteiger partial charge in [-0.1, -0.05) is 20.8 Å². The summed E-state index contributed by atoms with van der Waals surface area (Å²) in [6, 6.07) is 3.89.